The van der Waals surface area contributed by atoms with Gasteiger partial charge in [0.2, 0.25) is 0 Å². The summed E-state index contributed by atoms with van der Waals surface area (Å²) < 4.78 is 7.85. The van der Waals surface area contributed by atoms with Gasteiger partial charge in [-0.15, -0.1) is 0 Å². The van der Waals surface area contributed by atoms with Crippen LogP contribution in [0.3, 0.4) is 0 Å². The maximum Gasteiger partial charge on any atom is 0.272 e. The number of aliphatic hydroxyl groups is 1. The van der Waals surface area contributed by atoms with Crippen molar-refractivity contribution in [2.45, 2.75) is 51.4 Å². The van der Waals surface area contributed by atoms with Gasteiger partial charge in [0.25, 0.3) is 5.91 Å². The molecular weight excluding hydrogens is 521 g/mol. The van der Waals surface area contributed by atoms with E-state index >= 15 is 0 Å². The fourth-order valence-electron chi connectivity index (χ4n) is 4.83. The van der Waals surface area contributed by atoms with E-state index in [0.29, 0.717) is 40.2 Å². The van der Waals surface area contributed by atoms with Crippen molar-refractivity contribution in [3.8, 4) is 22.8 Å². The maximum atomic E-state index is 13.3. The predicted molar refractivity (Wildman–Crippen MR) is 150 cm³/mol. The summed E-state index contributed by atoms with van der Waals surface area (Å²) in [4.78, 5) is 18.1. The van der Waals surface area contributed by atoms with Gasteiger partial charge in [-0.2, -0.15) is 0 Å². The van der Waals surface area contributed by atoms with Gasteiger partial charge in [0.15, 0.2) is 0 Å². The van der Waals surface area contributed by atoms with E-state index in [-0.39, 0.29) is 17.6 Å². The van der Waals surface area contributed by atoms with E-state index in [0.717, 1.165) is 36.3 Å². The number of imidazole rings is 1. The highest BCUT2D eigenvalue weighted by Gasteiger charge is 2.28. The van der Waals surface area contributed by atoms with Crippen LogP contribution >= 0.6 is 23.2 Å². The van der Waals surface area contributed by atoms with E-state index in [1.807, 2.05) is 66.1 Å². The number of halogens is 2. The smallest absolute Gasteiger partial charge is 0.272 e. The largest absolute Gasteiger partial charge is 0.489 e. The van der Waals surface area contributed by atoms with Gasteiger partial charge in [0.05, 0.1) is 22.9 Å². The molecule has 8 heteroatoms. The zero-order valence-electron chi connectivity index (χ0n) is 21.0. The summed E-state index contributed by atoms with van der Waals surface area (Å²) in [6, 6.07) is 22.5. The van der Waals surface area contributed by atoms with Crippen molar-refractivity contribution < 1.29 is 14.6 Å². The number of benzene rings is 3. The van der Waals surface area contributed by atoms with Crippen LogP contribution in [0.5, 0.6) is 5.75 Å². The Morgan fingerprint density at radius 2 is 1.79 bits per heavy atom. The molecule has 0 aliphatic heterocycles. The molecule has 3 aromatic carbocycles. The molecule has 4 aromatic rings. The molecule has 0 radical (unpaired) electrons. The highest BCUT2D eigenvalue weighted by molar-refractivity contribution is 6.36. The molecule has 38 heavy (non-hydrogen) atoms. The Hall–Kier alpha value is -3.32. The second kappa shape index (κ2) is 11.6. The number of carbonyl (C=O) groups is 1. The first kappa shape index (κ1) is 26.3. The second-order valence-corrected chi connectivity index (χ2v) is 10.4. The van der Waals surface area contributed by atoms with E-state index in [2.05, 4.69) is 5.32 Å². The fourth-order valence-corrected chi connectivity index (χ4v) is 5.33. The molecule has 2 unspecified atom stereocenters. The molecule has 1 aliphatic rings. The summed E-state index contributed by atoms with van der Waals surface area (Å²) in [7, 11) is 0. The quantitative estimate of drug-likeness (QED) is 0.266. The van der Waals surface area contributed by atoms with Gasteiger partial charge in [0.1, 0.15) is 23.9 Å². The van der Waals surface area contributed by atoms with E-state index in [9.17, 15) is 9.90 Å². The van der Waals surface area contributed by atoms with Crippen molar-refractivity contribution in [2.24, 2.45) is 0 Å². The topological polar surface area (TPSA) is 76.4 Å². The van der Waals surface area contributed by atoms with Crippen LogP contribution in [-0.2, 0) is 6.61 Å². The third-order valence-electron chi connectivity index (χ3n) is 6.88. The lowest BCUT2D eigenvalue weighted by atomic mass is 9.92. The Labute approximate surface area is 232 Å². The van der Waals surface area contributed by atoms with Crippen LogP contribution in [0.2, 0.25) is 10.0 Å². The fraction of sp³-hybridized carbons (Fsp3) is 0.267. The van der Waals surface area contributed by atoms with Crippen LogP contribution in [0, 0.1) is 6.92 Å². The van der Waals surface area contributed by atoms with Crippen molar-refractivity contribution in [2.75, 3.05) is 0 Å². The van der Waals surface area contributed by atoms with Crippen molar-refractivity contribution in [1.29, 1.82) is 0 Å². The summed E-state index contributed by atoms with van der Waals surface area (Å²) in [5.74, 6) is 0.934. The number of nitrogens with zero attached hydrogens (tertiary/aromatic N) is 2. The number of amides is 1. The molecule has 1 saturated carbocycles. The highest BCUT2D eigenvalue weighted by Crippen LogP contribution is 2.34. The highest BCUT2D eigenvalue weighted by atomic mass is 35.5. The molecule has 196 valence electrons. The number of carbonyl (C=O) groups excluding carboxylic acids is 1. The molecule has 2 N–H and O–H groups in total. The zero-order chi connectivity index (χ0) is 26.6. The number of aromatic nitrogens is 2. The molecule has 1 aromatic heterocycles. The van der Waals surface area contributed by atoms with Crippen LogP contribution in [-0.4, -0.2) is 32.7 Å². The van der Waals surface area contributed by atoms with Crippen molar-refractivity contribution in [3.05, 3.63) is 99.8 Å². The van der Waals surface area contributed by atoms with Gasteiger partial charge in [-0.05, 0) is 67.8 Å². The third-order valence-corrected chi connectivity index (χ3v) is 7.43. The summed E-state index contributed by atoms with van der Waals surface area (Å²) in [6.45, 7) is 2.32. The zero-order valence-corrected chi connectivity index (χ0v) is 22.5. The molecule has 5 rings (SSSR count). The van der Waals surface area contributed by atoms with E-state index in [1.54, 1.807) is 18.2 Å². The second-order valence-electron chi connectivity index (χ2n) is 9.53. The Morgan fingerprint density at radius 1 is 1.05 bits per heavy atom. The molecule has 0 bridgehead atoms. The predicted octanol–water partition coefficient (Wildman–Crippen LogP) is 6.77. The van der Waals surface area contributed by atoms with E-state index < -0.39 is 6.10 Å². The van der Waals surface area contributed by atoms with Crippen LogP contribution in [0.25, 0.3) is 17.1 Å². The SMILES string of the molecule is Cc1c(C(=O)NC2CCCCC2O)nc(-c2ccc(Cl)cc2Cl)n1-c1ccc(OCc2ccccc2)cc1. The number of hydrogen-bond acceptors (Lipinski definition) is 4. The van der Waals surface area contributed by atoms with E-state index in [1.165, 1.54) is 0 Å². The minimum atomic E-state index is -0.552. The van der Waals surface area contributed by atoms with Crippen molar-refractivity contribution in [1.82, 2.24) is 14.9 Å². The first-order valence-corrected chi connectivity index (χ1v) is 13.5. The summed E-state index contributed by atoms with van der Waals surface area (Å²) in [6.07, 6.45) is 2.81. The molecule has 2 atom stereocenters. The molecule has 1 fully saturated rings. The van der Waals surface area contributed by atoms with Gasteiger partial charge in [-0.3, -0.25) is 9.36 Å². The number of nitrogens with one attached hydrogen (secondary N) is 1. The molecular formula is C30H29Cl2N3O3. The average molecular weight is 550 g/mol. The van der Waals surface area contributed by atoms with Gasteiger partial charge < -0.3 is 15.2 Å². The summed E-state index contributed by atoms with van der Waals surface area (Å²) in [5.41, 5.74) is 3.49. The number of rotatable bonds is 7. The molecule has 6 nitrogen and oxygen atoms in total. The minimum absolute atomic E-state index is 0.285. The maximum absolute atomic E-state index is 13.3. The summed E-state index contributed by atoms with van der Waals surface area (Å²) in [5, 5.41) is 14.3. The molecule has 0 saturated heterocycles. The van der Waals surface area contributed by atoms with Gasteiger partial charge in [0, 0.05) is 16.3 Å². The van der Waals surface area contributed by atoms with Crippen LogP contribution in [0.1, 0.15) is 47.4 Å². The normalized spacial score (nSPS) is 17.3. The number of ether oxygens (including phenoxy) is 1. The average Bonchev–Trinajstić information content (AvgIpc) is 3.26. The van der Waals surface area contributed by atoms with Crippen molar-refractivity contribution >= 4 is 29.1 Å². The Balaban J connectivity index is 1.48. The first-order valence-electron chi connectivity index (χ1n) is 12.7. The molecule has 1 heterocycles. The molecule has 0 spiro atoms. The number of aliphatic hydroxyl groups excluding tert-OH is 1. The van der Waals surface area contributed by atoms with Gasteiger partial charge >= 0.3 is 0 Å². The third kappa shape index (κ3) is 5.73. The first-order chi connectivity index (χ1) is 18.4. The molecule has 1 aliphatic carbocycles. The lowest BCUT2D eigenvalue weighted by Gasteiger charge is -2.28. The van der Waals surface area contributed by atoms with E-state index in [4.69, 9.17) is 32.9 Å². The summed E-state index contributed by atoms with van der Waals surface area (Å²) >= 11 is 12.7. The Morgan fingerprint density at radius 3 is 2.50 bits per heavy atom. The van der Waals surface area contributed by atoms with Gasteiger partial charge in [-0.1, -0.05) is 66.4 Å². The van der Waals surface area contributed by atoms with Crippen LogP contribution < -0.4 is 10.1 Å². The minimum Gasteiger partial charge on any atom is -0.489 e. The molecule has 1 amide bonds. The number of hydrogen-bond donors (Lipinski definition) is 2. The standard InChI is InChI=1S/C30H29Cl2N3O3/c1-19-28(30(37)33-26-9-5-6-10-27(26)36)34-29(24-16-11-21(31)17-25(24)32)35(19)22-12-14-23(15-13-22)38-18-20-7-3-2-4-8-20/h2-4,7-8,11-17,26-27,36H,5-6,9-10,18H2,1H3,(H,33,37). The van der Waals surface area contributed by atoms with Crippen molar-refractivity contribution in [3.63, 3.8) is 0 Å². The Kier molecular flexibility index (Phi) is 8.03. The lowest BCUT2D eigenvalue weighted by molar-refractivity contribution is 0.0713. The van der Waals surface area contributed by atoms with Crippen LogP contribution in [0.15, 0.2) is 72.8 Å². The van der Waals surface area contributed by atoms with Gasteiger partial charge in [-0.25, -0.2) is 4.98 Å². The monoisotopic (exact) mass is 549 g/mol. The lowest BCUT2D eigenvalue weighted by Crippen LogP contribution is -2.45. The van der Waals surface area contributed by atoms with Crippen LogP contribution in [0.4, 0.5) is 0 Å². The Bertz CT molecular complexity index is 1420.